The maximum absolute atomic E-state index is 11.4. The third kappa shape index (κ3) is 4.74. The maximum Gasteiger partial charge on any atom is 0.156 e. The number of rotatable bonds is 4. The van der Waals surface area contributed by atoms with Crippen molar-refractivity contribution in [3.63, 3.8) is 0 Å². The van der Waals surface area contributed by atoms with Crippen LogP contribution in [-0.4, -0.2) is 44.0 Å². The van der Waals surface area contributed by atoms with E-state index in [9.17, 15) is 8.42 Å². The number of ether oxygens (including phenoxy) is 1. The highest BCUT2D eigenvalue weighted by Crippen LogP contribution is 2.35. The van der Waals surface area contributed by atoms with Gasteiger partial charge in [0.15, 0.2) is 15.6 Å². The van der Waals surface area contributed by atoms with Crippen LogP contribution in [0, 0.1) is 0 Å². The van der Waals surface area contributed by atoms with Gasteiger partial charge in [0.25, 0.3) is 0 Å². The summed E-state index contributed by atoms with van der Waals surface area (Å²) < 4.78 is 28.4. The number of nitrogens with zero attached hydrogens (tertiary/aromatic N) is 1. The Morgan fingerprint density at radius 1 is 1.19 bits per heavy atom. The van der Waals surface area contributed by atoms with Gasteiger partial charge >= 0.3 is 0 Å². The van der Waals surface area contributed by atoms with E-state index in [0.29, 0.717) is 35.4 Å². The van der Waals surface area contributed by atoms with Crippen LogP contribution in [0.3, 0.4) is 0 Å². The Balaban J connectivity index is 2.08. The molecule has 0 radical (unpaired) electrons. The van der Waals surface area contributed by atoms with Gasteiger partial charge in [-0.05, 0) is 31.5 Å². The third-order valence-corrected chi connectivity index (χ3v) is 5.43. The van der Waals surface area contributed by atoms with Gasteiger partial charge in [0.1, 0.15) is 0 Å². The Kier molecular flexibility index (Phi) is 5.41. The van der Waals surface area contributed by atoms with E-state index in [-0.39, 0.29) is 17.6 Å². The topological polar surface area (TPSA) is 46.6 Å². The SMILES string of the molecule is CC(C)Oc1c(Cl)cc(CN2CCS(=O)(=O)CC2)cc1Cl. The van der Waals surface area contributed by atoms with Crippen LogP contribution >= 0.6 is 23.2 Å². The van der Waals surface area contributed by atoms with Gasteiger partial charge < -0.3 is 4.74 Å². The van der Waals surface area contributed by atoms with Crippen molar-refractivity contribution in [3.05, 3.63) is 27.7 Å². The molecule has 118 valence electrons. The standard InChI is InChI=1S/C14H19Cl2NO3S/c1-10(2)20-14-12(15)7-11(8-13(14)16)9-17-3-5-21(18,19)6-4-17/h7-8,10H,3-6,9H2,1-2H3. The summed E-state index contributed by atoms with van der Waals surface area (Å²) in [4.78, 5) is 2.09. The van der Waals surface area contributed by atoms with E-state index >= 15 is 0 Å². The van der Waals surface area contributed by atoms with Crippen molar-refractivity contribution < 1.29 is 13.2 Å². The first-order valence-electron chi connectivity index (χ1n) is 6.84. The zero-order valence-corrected chi connectivity index (χ0v) is 14.4. The van der Waals surface area contributed by atoms with Crippen LogP contribution in [0.15, 0.2) is 12.1 Å². The van der Waals surface area contributed by atoms with Crippen LogP contribution in [0.1, 0.15) is 19.4 Å². The van der Waals surface area contributed by atoms with Crippen LogP contribution in [-0.2, 0) is 16.4 Å². The van der Waals surface area contributed by atoms with Gasteiger partial charge in [-0.3, -0.25) is 4.90 Å². The first-order chi connectivity index (χ1) is 9.77. The zero-order chi connectivity index (χ0) is 15.6. The number of hydrogen-bond acceptors (Lipinski definition) is 4. The molecule has 1 saturated heterocycles. The lowest BCUT2D eigenvalue weighted by molar-refractivity contribution is 0.242. The van der Waals surface area contributed by atoms with Gasteiger partial charge in [-0.25, -0.2) is 8.42 Å². The summed E-state index contributed by atoms with van der Waals surface area (Å²) in [5, 5.41) is 0.965. The lowest BCUT2D eigenvalue weighted by Crippen LogP contribution is -2.39. The molecule has 0 aromatic heterocycles. The Morgan fingerprint density at radius 2 is 1.71 bits per heavy atom. The highest BCUT2D eigenvalue weighted by Gasteiger charge is 2.22. The van der Waals surface area contributed by atoms with E-state index in [2.05, 4.69) is 4.90 Å². The Labute approximate surface area is 135 Å². The van der Waals surface area contributed by atoms with Gasteiger partial charge in [-0.2, -0.15) is 0 Å². The molecule has 1 aromatic rings. The average molecular weight is 352 g/mol. The molecule has 1 aliphatic heterocycles. The molecule has 0 unspecified atom stereocenters. The van der Waals surface area contributed by atoms with Crippen molar-refractivity contribution in [1.82, 2.24) is 4.90 Å². The molecule has 0 N–H and O–H groups in total. The molecule has 7 heteroatoms. The molecule has 0 spiro atoms. The normalized spacial score (nSPS) is 18.9. The predicted molar refractivity (Wildman–Crippen MR) is 86.2 cm³/mol. The first-order valence-corrected chi connectivity index (χ1v) is 9.42. The molecule has 1 heterocycles. The number of hydrogen-bond donors (Lipinski definition) is 0. The summed E-state index contributed by atoms with van der Waals surface area (Å²) in [5.41, 5.74) is 0.959. The van der Waals surface area contributed by atoms with Gasteiger partial charge in [-0.15, -0.1) is 0 Å². The molecule has 1 fully saturated rings. The van der Waals surface area contributed by atoms with E-state index in [0.717, 1.165) is 5.56 Å². The van der Waals surface area contributed by atoms with Crippen molar-refractivity contribution >= 4 is 33.0 Å². The first kappa shape index (κ1) is 16.9. The van der Waals surface area contributed by atoms with Crippen LogP contribution in [0.2, 0.25) is 10.0 Å². The Bertz CT molecular complexity index is 580. The summed E-state index contributed by atoms with van der Waals surface area (Å²) in [6.07, 6.45) is -0.00171. The molecule has 0 atom stereocenters. The second kappa shape index (κ2) is 6.73. The molecule has 0 amide bonds. The zero-order valence-electron chi connectivity index (χ0n) is 12.1. The minimum atomic E-state index is -2.86. The van der Waals surface area contributed by atoms with Crippen LogP contribution in [0.5, 0.6) is 5.75 Å². The molecule has 1 aromatic carbocycles. The van der Waals surface area contributed by atoms with E-state index in [1.54, 1.807) is 0 Å². The van der Waals surface area contributed by atoms with Gasteiger partial charge in [-0.1, -0.05) is 23.2 Å². The van der Waals surface area contributed by atoms with Crippen LogP contribution in [0.4, 0.5) is 0 Å². The molecule has 21 heavy (non-hydrogen) atoms. The minimum absolute atomic E-state index is 0.00171. The van der Waals surface area contributed by atoms with Crippen molar-refractivity contribution in [2.45, 2.75) is 26.5 Å². The summed E-state index contributed by atoms with van der Waals surface area (Å²) in [5.74, 6) is 0.921. The number of halogens is 2. The highest BCUT2D eigenvalue weighted by molar-refractivity contribution is 7.91. The van der Waals surface area contributed by atoms with E-state index < -0.39 is 9.84 Å². The van der Waals surface area contributed by atoms with Gasteiger partial charge in [0.05, 0.1) is 27.7 Å². The molecule has 0 aliphatic carbocycles. The summed E-state index contributed by atoms with van der Waals surface area (Å²) in [6, 6.07) is 3.66. The third-order valence-electron chi connectivity index (χ3n) is 3.25. The lowest BCUT2D eigenvalue weighted by Gasteiger charge is -2.26. The molecular formula is C14H19Cl2NO3S. The Morgan fingerprint density at radius 3 is 2.19 bits per heavy atom. The highest BCUT2D eigenvalue weighted by atomic mass is 35.5. The van der Waals surface area contributed by atoms with Crippen LogP contribution < -0.4 is 4.74 Å². The molecule has 0 saturated carbocycles. The average Bonchev–Trinajstić information content (AvgIpc) is 2.36. The maximum atomic E-state index is 11.4. The van der Waals surface area contributed by atoms with E-state index in [1.807, 2.05) is 26.0 Å². The fourth-order valence-corrected chi connectivity index (χ4v) is 4.12. The van der Waals surface area contributed by atoms with Gasteiger partial charge in [0, 0.05) is 19.6 Å². The number of sulfone groups is 1. The fourth-order valence-electron chi connectivity index (χ4n) is 2.22. The molecular weight excluding hydrogens is 333 g/mol. The predicted octanol–water partition coefficient (Wildman–Crippen LogP) is 3.01. The molecule has 1 aliphatic rings. The van der Waals surface area contributed by atoms with Crippen molar-refractivity contribution in [2.75, 3.05) is 24.6 Å². The lowest BCUT2D eigenvalue weighted by atomic mass is 10.2. The molecule has 0 bridgehead atoms. The van der Waals surface area contributed by atoms with Crippen LogP contribution in [0.25, 0.3) is 0 Å². The fraction of sp³-hybridized carbons (Fsp3) is 0.571. The number of benzene rings is 1. The monoisotopic (exact) mass is 351 g/mol. The van der Waals surface area contributed by atoms with E-state index in [1.165, 1.54) is 0 Å². The van der Waals surface area contributed by atoms with Crippen molar-refractivity contribution in [3.8, 4) is 5.75 Å². The molecule has 2 rings (SSSR count). The largest absolute Gasteiger partial charge is 0.488 e. The summed E-state index contributed by atoms with van der Waals surface area (Å²) in [6.45, 7) is 5.55. The summed E-state index contributed by atoms with van der Waals surface area (Å²) >= 11 is 12.4. The second-order valence-electron chi connectivity index (χ2n) is 5.48. The molecule has 4 nitrogen and oxygen atoms in total. The smallest absolute Gasteiger partial charge is 0.156 e. The quantitative estimate of drug-likeness (QED) is 0.836. The minimum Gasteiger partial charge on any atom is -0.488 e. The van der Waals surface area contributed by atoms with Crippen molar-refractivity contribution in [1.29, 1.82) is 0 Å². The van der Waals surface area contributed by atoms with E-state index in [4.69, 9.17) is 27.9 Å². The Hall–Kier alpha value is -0.490. The van der Waals surface area contributed by atoms with Crippen molar-refractivity contribution in [2.24, 2.45) is 0 Å². The van der Waals surface area contributed by atoms with Gasteiger partial charge in [0.2, 0.25) is 0 Å². The second-order valence-corrected chi connectivity index (χ2v) is 8.60. The summed E-state index contributed by atoms with van der Waals surface area (Å²) in [7, 11) is -2.86.